The topological polar surface area (TPSA) is 62.0 Å². The van der Waals surface area contributed by atoms with Crippen molar-refractivity contribution in [3.05, 3.63) is 48.4 Å². The van der Waals surface area contributed by atoms with E-state index in [1.807, 2.05) is 12.4 Å². The van der Waals surface area contributed by atoms with Gasteiger partial charge in [0.2, 0.25) is 5.95 Å². The van der Waals surface area contributed by atoms with Crippen LogP contribution in [0.25, 0.3) is 27.7 Å². The lowest BCUT2D eigenvalue weighted by molar-refractivity contribution is -0.00573. The van der Waals surface area contributed by atoms with Crippen LogP contribution in [0.3, 0.4) is 0 Å². The number of hydrogen-bond donors (Lipinski definition) is 0. The number of fused-ring (bicyclic) bond motifs is 3. The maximum Gasteiger partial charge on any atom is 0.211 e. The standard InChI is InChI=1S/C29H37N7O/c1-19-17-35(18-20(2)37-19)29-32-21(3)27-16-30-25-8-6-22(14-26(25)36(27)29)23-7-9-28(31-15-23)34-12-10-24(11-13-34)33(4)5/h6-9,14-16,19-20,24H,10-13,17-18H2,1-5H3/t19-,20+. The zero-order valence-corrected chi connectivity index (χ0v) is 22.6. The number of pyridine rings is 1. The van der Waals surface area contributed by atoms with Crippen LogP contribution in [-0.2, 0) is 4.74 Å². The summed E-state index contributed by atoms with van der Waals surface area (Å²) >= 11 is 0. The lowest BCUT2D eigenvalue weighted by Gasteiger charge is -2.35. The van der Waals surface area contributed by atoms with Crippen LogP contribution in [0.5, 0.6) is 0 Å². The Balaban J connectivity index is 1.34. The molecule has 0 spiro atoms. The fraction of sp³-hybridized carbons (Fsp3) is 0.483. The first-order chi connectivity index (χ1) is 17.9. The Morgan fingerprint density at radius 2 is 1.59 bits per heavy atom. The summed E-state index contributed by atoms with van der Waals surface area (Å²) in [6.45, 7) is 10.1. The molecule has 0 saturated carbocycles. The highest BCUT2D eigenvalue weighted by atomic mass is 16.5. The average Bonchev–Trinajstić information content (AvgIpc) is 3.25. The number of anilines is 2. The second kappa shape index (κ2) is 9.58. The summed E-state index contributed by atoms with van der Waals surface area (Å²) in [7, 11) is 4.35. The van der Waals surface area contributed by atoms with E-state index in [0.29, 0.717) is 6.04 Å². The van der Waals surface area contributed by atoms with Gasteiger partial charge in [-0.2, -0.15) is 0 Å². The molecule has 0 radical (unpaired) electrons. The molecule has 6 rings (SSSR count). The number of benzene rings is 1. The lowest BCUT2D eigenvalue weighted by Crippen LogP contribution is -2.46. The summed E-state index contributed by atoms with van der Waals surface area (Å²) < 4.78 is 8.25. The third kappa shape index (κ3) is 4.53. The first-order valence-corrected chi connectivity index (χ1v) is 13.4. The molecule has 37 heavy (non-hydrogen) atoms. The first-order valence-electron chi connectivity index (χ1n) is 13.4. The van der Waals surface area contributed by atoms with Crippen LogP contribution in [-0.4, -0.2) is 82.8 Å². The van der Waals surface area contributed by atoms with Gasteiger partial charge in [0.05, 0.1) is 40.6 Å². The van der Waals surface area contributed by atoms with Crippen molar-refractivity contribution in [2.75, 3.05) is 50.1 Å². The van der Waals surface area contributed by atoms with E-state index in [4.69, 9.17) is 19.7 Å². The normalized spacial score (nSPS) is 21.5. The highest BCUT2D eigenvalue weighted by Crippen LogP contribution is 2.30. The van der Waals surface area contributed by atoms with Gasteiger partial charge < -0.3 is 19.4 Å². The smallest absolute Gasteiger partial charge is 0.211 e. The predicted octanol–water partition coefficient (Wildman–Crippen LogP) is 4.40. The van der Waals surface area contributed by atoms with Gasteiger partial charge in [0.15, 0.2) is 0 Å². The molecule has 194 valence electrons. The summed E-state index contributed by atoms with van der Waals surface area (Å²) in [5, 5.41) is 0. The molecule has 0 unspecified atom stereocenters. The van der Waals surface area contributed by atoms with Gasteiger partial charge in [-0.1, -0.05) is 6.07 Å². The van der Waals surface area contributed by atoms with Gasteiger partial charge in [-0.3, -0.25) is 9.38 Å². The third-order valence-corrected chi connectivity index (χ3v) is 7.92. The van der Waals surface area contributed by atoms with E-state index in [9.17, 15) is 0 Å². The van der Waals surface area contributed by atoms with E-state index in [1.54, 1.807) is 0 Å². The van der Waals surface area contributed by atoms with Gasteiger partial charge in [-0.15, -0.1) is 0 Å². The Morgan fingerprint density at radius 1 is 0.865 bits per heavy atom. The molecule has 0 aliphatic carbocycles. The van der Waals surface area contributed by atoms with Crippen LogP contribution in [0.1, 0.15) is 32.4 Å². The summed E-state index contributed by atoms with van der Waals surface area (Å²) in [5.74, 6) is 2.03. The highest BCUT2D eigenvalue weighted by molar-refractivity contribution is 5.85. The second-order valence-corrected chi connectivity index (χ2v) is 10.9. The number of piperidine rings is 1. The fourth-order valence-electron chi connectivity index (χ4n) is 5.95. The quantitative estimate of drug-likeness (QED) is 0.413. The number of aromatic nitrogens is 4. The van der Waals surface area contributed by atoms with Crippen LogP contribution >= 0.6 is 0 Å². The van der Waals surface area contributed by atoms with Gasteiger partial charge in [-0.05, 0) is 77.5 Å². The third-order valence-electron chi connectivity index (χ3n) is 7.92. The van der Waals surface area contributed by atoms with E-state index in [2.05, 4.69) is 84.3 Å². The molecule has 3 aromatic heterocycles. The van der Waals surface area contributed by atoms with Crippen molar-refractivity contribution >= 4 is 28.3 Å². The number of aryl methyl sites for hydroxylation is 1. The molecule has 0 bridgehead atoms. The first kappa shape index (κ1) is 24.1. The molecular formula is C29H37N7O. The number of rotatable bonds is 4. The molecular weight excluding hydrogens is 462 g/mol. The van der Waals surface area contributed by atoms with Gasteiger partial charge in [0.1, 0.15) is 5.82 Å². The SMILES string of the molecule is Cc1nc(N2C[C@@H](C)O[C@@H](C)C2)n2c1cnc1ccc(-c3ccc(N4CCC(N(C)C)CC4)nc3)cc12. The molecule has 4 aromatic rings. The Hall–Kier alpha value is -3.23. The number of ether oxygens (including phenoxy) is 1. The Morgan fingerprint density at radius 3 is 2.27 bits per heavy atom. The Bertz CT molecular complexity index is 1400. The summed E-state index contributed by atoms with van der Waals surface area (Å²) in [6.07, 6.45) is 6.64. The molecule has 0 amide bonds. The molecule has 8 heteroatoms. The van der Waals surface area contributed by atoms with Crippen molar-refractivity contribution in [2.45, 2.75) is 51.9 Å². The Kier molecular flexibility index (Phi) is 6.24. The maximum absolute atomic E-state index is 5.99. The maximum atomic E-state index is 5.99. The van der Waals surface area contributed by atoms with E-state index in [1.165, 1.54) is 12.8 Å². The van der Waals surface area contributed by atoms with Crippen molar-refractivity contribution < 1.29 is 4.74 Å². The van der Waals surface area contributed by atoms with Crippen LogP contribution in [0.2, 0.25) is 0 Å². The van der Waals surface area contributed by atoms with E-state index in [0.717, 1.165) is 71.3 Å². The molecule has 2 fully saturated rings. The van der Waals surface area contributed by atoms with E-state index < -0.39 is 0 Å². The molecule has 8 nitrogen and oxygen atoms in total. The Labute approximate surface area is 218 Å². The van der Waals surface area contributed by atoms with Crippen molar-refractivity contribution in [1.29, 1.82) is 0 Å². The lowest BCUT2D eigenvalue weighted by atomic mass is 10.0. The molecule has 0 N–H and O–H groups in total. The van der Waals surface area contributed by atoms with Crippen LogP contribution in [0, 0.1) is 6.92 Å². The second-order valence-electron chi connectivity index (χ2n) is 10.9. The zero-order chi connectivity index (χ0) is 25.7. The van der Waals surface area contributed by atoms with Crippen molar-refractivity contribution in [2.24, 2.45) is 0 Å². The zero-order valence-electron chi connectivity index (χ0n) is 22.6. The van der Waals surface area contributed by atoms with Crippen molar-refractivity contribution in [1.82, 2.24) is 24.3 Å². The average molecular weight is 500 g/mol. The predicted molar refractivity (Wildman–Crippen MR) is 150 cm³/mol. The molecule has 2 saturated heterocycles. The number of imidazole rings is 1. The highest BCUT2D eigenvalue weighted by Gasteiger charge is 2.27. The molecule has 1 aromatic carbocycles. The van der Waals surface area contributed by atoms with E-state index in [-0.39, 0.29) is 12.2 Å². The van der Waals surface area contributed by atoms with Gasteiger partial charge >= 0.3 is 0 Å². The molecule has 2 aliphatic heterocycles. The van der Waals surface area contributed by atoms with Gasteiger partial charge in [0.25, 0.3) is 0 Å². The largest absolute Gasteiger partial charge is 0.372 e. The number of hydrogen-bond acceptors (Lipinski definition) is 7. The van der Waals surface area contributed by atoms with E-state index >= 15 is 0 Å². The monoisotopic (exact) mass is 499 g/mol. The summed E-state index contributed by atoms with van der Waals surface area (Å²) in [4.78, 5) is 21.7. The molecule has 2 atom stereocenters. The van der Waals surface area contributed by atoms with Crippen LogP contribution in [0.15, 0.2) is 42.7 Å². The minimum Gasteiger partial charge on any atom is -0.372 e. The summed E-state index contributed by atoms with van der Waals surface area (Å²) in [5.41, 5.74) is 6.29. The minimum atomic E-state index is 0.165. The fourth-order valence-corrected chi connectivity index (χ4v) is 5.95. The summed E-state index contributed by atoms with van der Waals surface area (Å²) in [6, 6.07) is 11.5. The van der Waals surface area contributed by atoms with Crippen molar-refractivity contribution in [3.8, 4) is 11.1 Å². The van der Waals surface area contributed by atoms with Crippen LogP contribution in [0.4, 0.5) is 11.8 Å². The van der Waals surface area contributed by atoms with Gasteiger partial charge in [0, 0.05) is 44.0 Å². The number of nitrogens with zero attached hydrogens (tertiary/aromatic N) is 7. The molecule has 2 aliphatic rings. The molecule has 5 heterocycles. The van der Waals surface area contributed by atoms with Crippen molar-refractivity contribution in [3.63, 3.8) is 0 Å². The van der Waals surface area contributed by atoms with Crippen LogP contribution < -0.4 is 9.80 Å². The number of morpholine rings is 1. The minimum absolute atomic E-state index is 0.165. The van der Waals surface area contributed by atoms with Gasteiger partial charge in [-0.25, -0.2) is 9.97 Å².